The quantitative estimate of drug-likeness (QED) is 0.840. The predicted molar refractivity (Wildman–Crippen MR) is 78.9 cm³/mol. The van der Waals surface area contributed by atoms with Gasteiger partial charge in [-0.1, -0.05) is 0 Å². The average Bonchev–Trinajstić information content (AvgIpc) is 2.35. The molecule has 5 nitrogen and oxygen atoms in total. The minimum atomic E-state index is -1.19. The molecule has 0 atom stereocenters. The smallest absolute Gasteiger partial charge is 0.329 e. The summed E-state index contributed by atoms with van der Waals surface area (Å²) in [6, 6.07) is -0.246. The number of likely N-dealkylation sites (N-methyl/N-ethyl adjacent to an activating group) is 1. The summed E-state index contributed by atoms with van der Waals surface area (Å²) in [5.74, 6) is 1.30. The number of carbonyl (C=O) groups is 2. The molecule has 0 saturated heterocycles. The monoisotopic (exact) mass is 294 g/mol. The molecule has 0 aromatic carbocycles. The zero-order valence-electron chi connectivity index (χ0n) is 13.2. The van der Waals surface area contributed by atoms with E-state index in [9.17, 15) is 14.7 Å². The van der Waals surface area contributed by atoms with E-state index in [-0.39, 0.29) is 11.6 Å². The van der Waals surface area contributed by atoms with Crippen LogP contribution in [0, 0.1) is 17.8 Å². The Morgan fingerprint density at radius 2 is 1.52 bits per heavy atom. The lowest BCUT2D eigenvalue weighted by Crippen LogP contribution is -2.64. The fourth-order valence-electron chi connectivity index (χ4n) is 4.97. The summed E-state index contributed by atoms with van der Waals surface area (Å²) in [7, 11) is 1.57. The molecule has 4 bridgehead atoms. The summed E-state index contributed by atoms with van der Waals surface area (Å²) in [5, 5.41) is 12.5. The minimum Gasteiger partial charge on any atom is -0.480 e. The highest BCUT2D eigenvalue weighted by atomic mass is 16.4. The molecule has 21 heavy (non-hydrogen) atoms. The van der Waals surface area contributed by atoms with Gasteiger partial charge in [0.2, 0.25) is 0 Å². The number of carboxylic acids is 1. The van der Waals surface area contributed by atoms with E-state index >= 15 is 0 Å². The number of nitrogens with zero attached hydrogens (tertiary/aromatic N) is 1. The molecule has 0 aromatic heterocycles. The van der Waals surface area contributed by atoms with Crippen molar-refractivity contribution in [1.29, 1.82) is 0 Å². The van der Waals surface area contributed by atoms with E-state index in [4.69, 9.17) is 0 Å². The molecule has 2 N–H and O–H groups in total. The molecule has 4 aliphatic carbocycles. The lowest BCUT2D eigenvalue weighted by molar-refractivity contribution is -0.147. The lowest BCUT2D eigenvalue weighted by atomic mass is 9.53. The maximum atomic E-state index is 12.5. The second-order valence-electron chi connectivity index (χ2n) is 8.05. The molecule has 0 spiro atoms. The maximum absolute atomic E-state index is 12.5. The van der Waals surface area contributed by atoms with Crippen molar-refractivity contribution < 1.29 is 14.7 Å². The van der Waals surface area contributed by atoms with Crippen molar-refractivity contribution >= 4 is 12.0 Å². The molecule has 2 amide bonds. The Bertz CT molecular complexity index is 437. The van der Waals surface area contributed by atoms with Crippen LogP contribution >= 0.6 is 0 Å². The van der Waals surface area contributed by atoms with Crippen molar-refractivity contribution in [1.82, 2.24) is 10.2 Å². The van der Waals surface area contributed by atoms with Gasteiger partial charge in [-0.3, -0.25) is 0 Å². The highest BCUT2D eigenvalue weighted by molar-refractivity contribution is 5.85. The van der Waals surface area contributed by atoms with Gasteiger partial charge >= 0.3 is 12.0 Å². The first-order chi connectivity index (χ1) is 9.72. The van der Waals surface area contributed by atoms with Crippen LogP contribution in [0.1, 0.15) is 52.4 Å². The van der Waals surface area contributed by atoms with Gasteiger partial charge in [0.1, 0.15) is 5.54 Å². The molecule has 5 heteroatoms. The fraction of sp³-hybridized carbons (Fsp3) is 0.875. The Hall–Kier alpha value is -1.26. The Morgan fingerprint density at radius 1 is 1.10 bits per heavy atom. The number of amides is 2. The van der Waals surface area contributed by atoms with Gasteiger partial charge in [-0.25, -0.2) is 9.59 Å². The van der Waals surface area contributed by atoms with Crippen LogP contribution in [0.3, 0.4) is 0 Å². The van der Waals surface area contributed by atoms with Crippen LogP contribution < -0.4 is 5.32 Å². The van der Waals surface area contributed by atoms with Crippen LogP contribution in [0.25, 0.3) is 0 Å². The summed E-state index contributed by atoms with van der Waals surface area (Å²) < 4.78 is 0. The molecular formula is C16H26N2O3. The summed E-state index contributed by atoms with van der Waals surface area (Å²) >= 11 is 0. The SMILES string of the molecule is CN(C(=O)NC12CC3CC(CC(C3)C1)C2)C(C)(C)C(=O)O. The molecule has 4 rings (SSSR count). The van der Waals surface area contributed by atoms with Crippen LogP contribution in [0.2, 0.25) is 0 Å². The van der Waals surface area contributed by atoms with Gasteiger partial charge in [-0.15, -0.1) is 0 Å². The van der Waals surface area contributed by atoms with Crippen LogP contribution in [0.15, 0.2) is 0 Å². The molecular weight excluding hydrogens is 268 g/mol. The number of carbonyl (C=O) groups excluding carboxylic acids is 1. The largest absolute Gasteiger partial charge is 0.480 e. The first-order valence-corrected chi connectivity index (χ1v) is 8.01. The first-order valence-electron chi connectivity index (χ1n) is 8.01. The second kappa shape index (κ2) is 4.62. The third kappa shape index (κ3) is 2.40. The lowest BCUT2D eigenvalue weighted by Gasteiger charge is -2.57. The van der Waals surface area contributed by atoms with Gasteiger partial charge in [0.25, 0.3) is 0 Å². The Balaban J connectivity index is 1.72. The average molecular weight is 294 g/mol. The predicted octanol–water partition coefficient (Wildman–Crippen LogP) is 2.46. The van der Waals surface area contributed by atoms with Crippen LogP contribution in [-0.2, 0) is 4.79 Å². The van der Waals surface area contributed by atoms with Crippen molar-refractivity contribution in [2.75, 3.05) is 7.05 Å². The standard InChI is InChI=1S/C16H26N2O3/c1-15(2,13(19)20)18(3)14(21)17-16-7-10-4-11(8-16)6-12(5-10)9-16/h10-12H,4-9H2,1-3H3,(H,17,21)(H,19,20). The number of hydrogen-bond acceptors (Lipinski definition) is 2. The van der Waals surface area contributed by atoms with Crippen LogP contribution in [0.4, 0.5) is 4.79 Å². The molecule has 0 aromatic rings. The molecule has 4 saturated carbocycles. The van der Waals surface area contributed by atoms with E-state index in [1.807, 2.05) is 0 Å². The second-order valence-corrected chi connectivity index (χ2v) is 8.05. The van der Waals surface area contributed by atoms with Gasteiger partial charge in [-0.05, 0) is 70.1 Å². The molecule has 4 aliphatic rings. The fourth-order valence-corrected chi connectivity index (χ4v) is 4.97. The van der Waals surface area contributed by atoms with Gasteiger partial charge < -0.3 is 15.3 Å². The number of urea groups is 1. The van der Waals surface area contributed by atoms with Crippen LogP contribution in [-0.4, -0.2) is 40.1 Å². The molecule has 0 unspecified atom stereocenters. The molecule has 0 radical (unpaired) electrons. The zero-order valence-corrected chi connectivity index (χ0v) is 13.2. The number of rotatable bonds is 3. The normalized spacial score (nSPS) is 37.4. The number of carboxylic acid groups (broad SMARTS) is 1. The first kappa shape index (κ1) is 14.7. The Labute approximate surface area is 126 Å². The number of hydrogen-bond donors (Lipinski definition) is 2. The van der Waals surface area contributed by atoms with Crippen molar-refractivity contribution in [2.24, 2.45) is 17.8 Å². The van der Waals surface area contributed by atoms with Crippen LogP contribution in [0.5, 0.6) is 0 Å². The van der Waals surface area contributed by atoms with Crippen molar-refractivity contribution in [3.8, 4) is 0 Å². The summed E-state index contributed by atoms with van der Waals surface area (Å²) in [4.78, 5) is 25.2. The summed E-state index contributed by atoms with van der Waals surface area (Å²) in [6.07, 6.45) is 7.20. The van der Waals surface area contributed by atoms with Crippen molar-refractivity contribution in [3.05, 3.63) is 0 Å². The van der Waals surface area contributed by atoms with Gasteiger partial charge in [0.05, 0.1) is 0 Å². The topological polar surface area (TPSA) is 69.6 Å². The molecule has 4 fully saturated rings. The van der Waals surface area contributed by atoms with E-state index in [1.54, 1.807) is 20.9 Å². The number of aliphatic carboxylic acids is 1. The highest BCUT2D eigenvalue weighted by Gasteiger charge is 2.52. The zero-order chi connectivity index (χ0) is 15.4. The minimum absolute atomic E-state index is 0.0747. The third-order valence-corrected chi connectivity index (χ3v) is 6.08. The summed E-state index contributed by atoms with van der Waals surface area (Å²) in [6.45, 7) is 3.13. The van der Waals surface area contributed by atoms with E-state index < -0.39 is 11.5 Å². The van der Waals surface area contributed by atoms with Crippen molar-refractivity contribution in [3.63, 3.8) is 0 Å². The Kier molecular flexibility index (Phi) is 3.22. The Morgan fingerprint density at radius 3 is 1.90 bits per heavy atom. The maximum Gasteiger partial charge on any atom is 0.329 e. The van der Waals surface area contributed by atoms with Crippen molar-refractivity contribution in [2.45, 2.75) is 63.5 Å². The highest BCUT2D eigenvalue weighted by Crippen LogP contribution is 2.55. The van der Waals surface area contributed by atoms with E-state index in [0.29, 0.717) is 0 Å². The van der Waals surface area contributed by atoms with E-state index in [1.165, 1.54) is 24.2 Å². The van der Waals surface area contributed by atoms with Gasteiger partial charge in [0.15, 0.2) is 0 Å². The van der Waals surface area contributed by atoms with Gasteiger partial charge in [-0.2, -0.15) is 0 Å². The van der Waals surface area contributed by atoms with E-state index in [2.05, 4.69) is 5.32 Å². The van der Waals surface area contributed by atoms with E-state index in [0.717, 1.165) is 37.0 Å². The molecule has 0 aliphatic heterocycles. The third-order valence-electron chi connectivity index (χ3n) is 6.08. The van der Waals surface area contributed by atoms with Gasteiger partial charge in [0, 0.05) is 12.6 Å². The molecule has 0 heterocycles. The number of nitrogens with one attached hydrogen (secondary N) is 1. The molecule has 118 valence electrons. The summed E-state index contributed by atoms with van der Waals surface area (Å²) in [5.41, 5.74) is -1.26.